The topological polar surface area (TPSA) is 25.8 Å². The molecule has 1 aromatic carbocycles. The molecule has 21 heavy (non-hydrogen) atoms. The highest BCUT2D eigenvalue weighted by Gasteiger charge is 2.19. The molecule has 0 bridgehead atoms. The van der Waals surface area contributed by atoms with Crippen molar-refractivity contribution in [1.29, 1.82) is 0 Å². The first kappa shape index (κ1) is 14.4. The van der Waals surface area contributed by atoms with Gasteiger partial charge in [0.05, 0.1) is 11.4 Å². The predicted octanol–water partition coefficient (Wildman–Crippen LogP) is 4.99. The molecule has 0 spiro atoms. The summed E-state index contributed by atoms with van der Waals surface area (Å²) in [5.41, 5.74) is 5.52. The number of allylic oxidation sites excluding steroid dienone is 4. The Bertz CT molecular complexity index is 712. The van der Waals surface area contributed by atoms with Crippen LogP contribution in [-0.4, -0.2) is 13.4 Å². The van der Waals surface area contributed by atoms with Gasteiger partial charge >= 0.3 is 0 Å². The summed E-state index contributed by atoms with van der Waals surface area (Å²) in [5, 5.41) is 0. The molecule has 0 fully saturated rings. The Morgan fingerprint density at radius 3 is 2.48 bits per heavy atom. The molecule has 2 nitrogen and oxygen atoms in total. The van der Waals surface area contributed by atoms with E-state index in [1.54, 1.807) is 6.33 Å². The number of aromatic nitrogens is 2. The quantitative estimate of drug-likeness (QED) is 0.535. The van der Waals surface area contributed by atoms with Crippen LogP contribution in [0.5, 0.6) is 0 Å². The number of aryl methyl sites for hydroxylation is 1. The monoisotopic (exact) mass is 388 g/mol. The Balaban J connectivity index is 1.93. The fourth-order valence-corrected chi connectivity index (χ4v) is 2.70. The molecule has 0 amide bonds. The maximum atomic E-state index is 4.42. The lowest BCUT2D eigenvalue weighted by atomic mass is 9.96. The maximum absolute atomic E-state index is 4.42. The number of nitrogens with zero attached hydrogens (tertiary/aromatic N) is 2. The predicted molar refractivity (Wildman–Crippen MR) is 96.4 cm³/mol. The van der Waals surface area contributed by atoms with Crippen LogP contribution >= 0.6 is 22.6 Å². The summed E-state index contributed by atoms with van der Waals surface area (Å²) in [7, 11) is 0. The van der Waals surface area contributed by atoms with Gasteiger partial charge < -0.3 is 0 Å². The lowest BCUT2D eigenvalue weighted by Crippen LogP contribution is -2.12. The highest BCUT2D eigenvalue weighted by atomic mass is 127. The number of benzene rings is 1. The number of halogens is 1. The van der Waals surface area contributed by atoms with Crippen molar-refractivity contribution in [3.05, 3.63) is 66.1 Å². The highest BCUT2D eigenvalue weighted by Crippen LogP contribution is 2.32. The van der Waals surface area contributed by atoms with Crippen molar-refractivity contribution in [1.82, 2.24) is 9.97 Å². The minimum absolute atomic E-state index is 0.216. The summed E-state index contributed by atoms with van der Waals surface area (Å²) >= 11 is 2.48. The van der Waals surface area contributed by atoms with E-state index in [9.17, 15) is 0 Å². The minimum Gasteiger partial charge on any atom is -0.236 e. The Hall–Kier alpha value is -1.49. The van der Waals surface area contributed by atoms with Gasteiger partial charge in [0, 0.05) is 8.99 Å². The van der Waals surface area contributed by atoms with Gasteiger partial charge in [-0.15, -0.1) is 0 Å². The summed E-state index contributed by atoms with van der Waals surface area (Å²) in [4.78, 5) is 8.82. The zero-order chi connectivity index (χ0) is 14.9. The molecule has 3 heteroatoms. The molecule has 1 atom stereocenters. The average molecular weight is 388 g/mol. The van der Waals surface area contributed by atoms with Gasteiger partial charge in [-0.3, -0.25) is 0 Å². The number of alkyl halides is 1. The van der Waals surface area contributed by atoms with Crippen molar-refractivity contribution < 1.29 is 0 Å². The first-order valence-corrected chi connectivity index (χ1v) is 8.09. The third-order valence-corrected chi connectivity index (χ3v) is 4.44. The van der Waals surface area contributed by atoms with E-state index < -0.39 is 0 Å². The van der Waals surface area contributed by atoms with Gasteiger partial charge in [0.2, 0.25) is 0 Å². The van der Waals surface area contributed by atoms with Gasteiger partial charge in [0.15, 0.2) is 0 Å². The first-order chi connectivity index (χ1) is 10.0. The van der Waals surface area contributed by atoms with Gasteiger partial charge in [0.25, 0.3) is 0 Å². The van der Waals surface area contributed by atoms with Crippen LogP contribution in [0, 0.1) is 6.92 Å². The average Bonchev–Trinajstić information content (AvgIpc) is 2.48. The van der Waals surface area contributed by atoms with E-state index in [0.717, 1.165) is 23.4 Å². The van der Waals surface area contributed by atoms with Crippen molar-refractivity contribution in [2.75, 3.05) is 0 Å². The van der Waals surface area contributed by atoms with Gasteiger partial charge in [-0.2, -0.15) is 0 Å². The normalized spacial score (nSPS) is 21.2. The molecule has 2 aromatic rings. The molecule has 1 aliphatic rings. The maximum Gasteiger partial charge on any atom is 0.116 e. The lowest BCUT2D eigenvalue weighted by Gasteiger charge is -2.20. The Morgan fingerprint density at radius 2 is 1.81 bits per heavy atom. The van der Waals surface area contributed by atoms with Crippen molar-refractivity contribution in [3.63, 3.8) is 0 Å². The zero-order valence-electron chi connectivity index (χ0n) is 12.2. The molecule has 0 aliphatic heterocycles. The van der Waals surface area contributed by atoms with Crippen molar-refractivity contribution in [3.8, 4) is 11.3 Å². The third kappa shape index (κ3) is 3.40. The summed E-state index contributed by atoms with van der Waals surface area (Å²) in [6, 6.07) is 10.5. The molecule has 0 N–H and O–H groups in total. The van der Waals surface area contributed by atoms with Crippen LogP contribution in [0.2, 0.25) is 0 Å². The fourth-order valence-electron chi connectivity index (χ4n) is 2.30. The van der Waals surface area contributed by atoms with E-state index in [1.807, 2.05) is 0 Å². The summed E-state index contributed by atoms with van der Waals surface area (Å²) in [6.45, 7) is 4.32. The van der Waals surface area contributed by atoms with E-state index >= 15 is 0 Å². The van der Waals surface area contributed by atoms with Gasteiger partial charge in [-0.05, 0) is 31.9 Å². The van der Waals surface area contributed by atoms with Crippen molar-refractivity contribution >= 4 is 28.2 Å². The van der Waals surface area contributed by atoms with E-state index in [-0.39, 0.29) is 3.42 Å². The molecule has 1 aromatic heterocycles. The number of hydrogen-bond acceptors (Lipinski definition) is 2. The molecule has 0 unspecified atom stereocenters. The second kappa shape index (κ2) is 5.72. The second-order valence-corrected chi connectivity index (χ2v) is 8.09. The van der Waals surface area contributed by atoms with Crippen LogP contribution in [0.15, 0.2) is 54.9 Å². The molecule has 3 rings (SSSR count). The summed E-state index contributed by atoms with van der Waals surface area (Å²) < 4.78 is 0.216. The molecule has 1 aliphatic carbocycles. The van der Waals surface area contributed by atoms with Crippen LogP contribution in [0.3, 0.4) is 0 Å². The minimum atomic E-state index is 0.216. The van der Waals surface area contributed by atoms with E-state index in [0.29, 0.717) is 0 Å². The fraction of sp³-hybridized carbons (Fsp3) is 0.222. The standard InChI is InChI=1S/C18H17IN2/c1-13-3-5-14(6-4-13)16-11-17(21-12-20-16)15-7-9-18(2,19)10-8-15/h3-9,11-12H,10H2,1-2H3/t18-/m1/s1. The van der Waals surface area contributed by atoms with Gasteiger partial charge in [-0.25, -0.2) is 9.97 Å². The molecular weight excluding hydrogens is 371 g/mol. The summed E-state index contributed by atoms with van der Waals surface area (Å²) in [5.74, 6) is 0. The number of rotatable bonds is 2. The molecule has 106 valence electrons. The SMILES string of the molecule is Cc1ccc(-c2cc(C3=CC[C@](C)(I)C=C3)ncn2)cc1. The van der Waals surface area contributed by atoms with E-state index in [4.69, 9.17) is 0 Å². The second-order valence-electron chi connectivity index (χ2n) is 5.63. The molecule has 0 saturated carbocycles. The van der Waals surface area contributed by atoms with Gasteiger partial charge in [0.1, 0.15) is 6.33 Å². The van der Waals surface area contributed by atoms with Crippen LogP contribution < -0.4 is 0 Å². The lowest BCUT2D eigenvalue weighted by molar-refractivity contribution is 0.838. The van der Waals surface area contributed by atoms with Crippen molar-refractivity contribution in [2.45, 2.75) is 23.7 Å². The molecule has 0 saturated heterocycles. The van der Waals surface area contributed by atoms with Crippen LogP contribution in [-0.2, 0) is 0 Å². The van der Waals surface area contributed by atoms with E-state index in [1.165, 1.54) is 11.1 Å². The Morgan fingerprint density at radius 1 is 1.10 bits per heavy atom. The highest BCUT2D eigenvalue weighted by molar-refractivity contribution is 14.1. The van der Waals surface area contributed by atoms with E-state index in [2.05, 4.69) is 95.0 Å². The van der Waals surface area contributed by atoms with Crippen LogP contribution in [0.4, 0.5) is 0 Å². The number of hydrogen-bond donors (Lipinski definition) is 0. The molecular formula is C18H17IN2. The Kier molecular flexibility index (Phi) is 3.93. The molecule has 1 heterocycles. The van der Waals surface area contributed by atoms with Crippen LogP contribution in [0.1, 0.15) is 24.6 Å². The van der Waals surface area contributed by atoms with Crippen molar-refractivity contribution in [2.24, 2.45) is 0 Å². The summed E-state index contributed by atoms with van der Waals surface area (Å²) in [6.07, 6.45) is 9.35. The largest absolute Gasteiger partial charge is 0.236 e. The third-order valence-electron chi connectivity index (χ3n) is 3.64. The van der Waals surface area contributed by atoms with Gasteiger partial charge in [-0.1, -0.05) is 70.6 Å². The first-order valence-electron chi connectivity index (χ1n) is 7.01. The Labute approximate surface area is 139 Å². The smallest absolute Gasteiger partial charge is 0.116 e. The van der Waals surface area contributed by atoms with Crippen LogP contribution in [0.25, 0.3) is 16.8 Å². The molecule has 0 radical (unpaired) electrons. The zero-order valence-corrected chi connectivity index (χ0v) is 14.3.